The Morgan fingerprint density at radius 3 is 2.94 bits per heavy atom. The number of rotatable bonds is 7. The fraction of sp³-hybridized carbons (Fsp3) is 0.409. The Morgan fingerprint density at radius 2 is 2.21 bits per heavy atom. The Morgan fingerprint density at radius 1 is 1.42 bits per heavy atom. The van der Waals surface area contributed by atoms with Crippen LogP contribution in [0.5, 0.6) is 5.75 Å². The first-order valence-electron chi connectivity index (χ1n) is 10.4. The first-order chi connectivity index (χ1) is 15.5. The van der Waals surface area contributed by atoms with E-state index < -0.39 is 29.8 Å². The minimum Gasteiger partial charge on any atom is -0.491 e. The van der Waals surface area contributed by atoms with Crippen molar-refractivity contribution < 1.29 is 24.1 Å². The summed E-state index contributed by atoms with van der Waals surface area (Å²) in [6, 6.07) is 8.01. The van der Waals surface area contributed by atoms with Crippen molar-refractivity contribution in [2.45, 2.75) is 50.9 Å². The van der Waals surface area contributed by atoms with E-state index in [1.54, 1.807) is 38.1 Å². The molecule has 3 atom stereocenters. The lowest BCUT2D eigenvalue weighted by Crippen LogP contribution is -2.47. The van der Waals surface area contributed by atoms with Crippen LogP contribution in [0, 0.1) is 0 Å². The topological polar surface area (TPSA) is 134 Å². The quantitative estimate of drug-likeness (QED) is 0.352. The lowest BCUT2D eigenvalue weighted by Gasteiger charge is -2.35. The maximum atomic E-state index is 11.1. The molecule has 1 aromatic carbocycles. The number of nitrogens with two attached hydrogens (primary N) is 1. The molecule has 3 heterocycles. The monoisotopic (exact) mass is 475 g/mol. The van der Waals surface area contributed by atoms with Gasteiger partial charge in [-0.3, -0.25) is 0 Å². The van der Waals surface area contributed by atoms with Crippen molar-refractivity contribution >= 4 is 34.4 Å². The molecule has 1 aliphatic heterocycles. The van der Waals surface area contributed by atoms with E-state index >= 15 is 0 Å². The average molecular weight is 476 g/mol. The molecular formula is C22H26ClN5O5. The Bertz CT molecular complexity index is 1160. The third-order valence-electron chi connectivity index (χ3n) is 5.34. The summed E-state index contributed by atoms with van der Waals surface area (Å²) in [4.78, 5) is 19.5. The van der Waals surface area contributed by atoms with E-state index in [2.05, 4.69) is 15.3 Å². The number of carbonyl (C=O) groups excluding carboxylic acids is 1. The van der Waals surface area contributed by atoms with Gasteiger partial charge >= 0.3 is 6.03 Å². The van der Waals surface area contributed by atoms with Crippen molar-refractivity contribution in [1.82, 2.24) is 14.5 Å². The van der Waals surface area contributed by atoms with Crippen LogP contribution in [0.25, 0.3) is 11.0 Å². The first-order valence-corrected chi connectivity index (χ1v) is 10.8. The molecule has 1 fully saturated rings. The van der Waals surface area contributed by atoms with E-state index in [-0.39, 0.29) is 6.61 Å². The molecule has 11 heteroatoms. The standard InChI is InChI=1S/C22H26ClN5O5/c1-21(2,30)33-22(3)10-17(28-8-7-15-18(23)25-12-26-19(15)28)32-16(22)11-31-14-6-4-5-13(9-14)27-20(24)29/h4-9,12,16-17,30H,10-11H2,1-3H3,(H3,24,27,29). The number of halogens is 1. The van der Waals surface area contributed by atoms with Gasteiger partial charge in [0.25, 0.3) is 0 Å². The molecule has 2 amide bonds. The number of fused-ring (bicyclic) bond motifs is 1. The number of aliphatic hydroxyl groups is 1. The fourth-order valence-corrected chi connectivity index (χ4v) is 4.26. The van der Waals surface area contributed by atoms with Crippen LogP contribution in [0.1, 0.15) is 33.4 Å². The second kappa shape index (κ2) is 8.79. The summed E-state index contributed by atoms with van der Waals surface area (Å²) in [7, 11) is 0. The number of amides is 2. The molecule has 0 radical (unpaired) electrons. The molecule has 3 aromatic rings. The molecule has 4 N–H and O–H groups in total. The smallest absolute Gasteiger partial charge is 0.316 e. The number of primary amides is 1. The van der Waals surface area contributed by atoms with Crippen molar-refractivity contribution in [1.29, 1.82) is 0 Å². The second-order valence-electron chi connectivity index (χ2n) is 8.60. The van der Waals surface area contributed by atoms with Crippen molar-refractivity contribution in [2.24, 2.45) is 5.73 Å². The highest BCUT2D eigenvalue weighted by molar-refractivity contribution is 6.33. The van der Waals surface area contributed by atoms with E-state index in [9.17, 15) is 9.90 Å². The van der Waals surface area contributed by atoms with Crippen LogP contribution in [0.4, 0.5) is 10.5 Å². The van der Waals surface area contributed by atoms with Crippen LogP contribution in [-0.4, -0.2) is 49.8 Å². The number of benzene rings is 1. The zero-order valence-corrected chi connectivity index (χ0v) is 19.2. The summed E-state index contributed by atoms with van der Waals surface area (Å²) in [6.07, 6.45) is 2.70. The highest BCUT2D eigenvalue weighted by atomic mass is 35.5. The van der Waals surface area contributed by atoms with Crippen LogP contribution >= 0.6 is 11.6 Å². The number of ether oxygens (including phenoxy) is 3. The van der Waals surface area contributed by atoms with Crippen molar-refractivity contribution in [3.8, 4) is 5.75 Å². The highest BCUT2D eigenvalue weighted by Crippen LogP contribution is 2.42. The SMILES string of the molecule is CC(C)(O)OC1(C)CC(n2ccc3c(Cl)ncnc32)OC1COc1cccc(NC(N)=O)c1. The fourth-order valence-electron chi connectivity index (χ4n) is 4.07. The van der Waals surface area contributed by atoms with Crippen LogP contribution in [0.3, 0.4) is 0 Å². The molecule has 0 saturated carbocycles. The molecule has 33 heavy (non-hydrogen) atoms. The zero-order chi connectivity index (χ0) is 23.8. The first kappa shape index (κ1) is 23.2. The van der Waals surface area contributed by atoms with Crippen LogP contribution in [0.15, 0.2) is 42.9 Å². The maximum absolute atomic E-state index is 11.1. The highest BCUT2D eigenvalue weighted by Gasteiger charge is 2.50. The van der Waals surface area contributed by atoms with Gasteiger partial charge in [-0.1, -0.05) is 17.7 Å². The molecule has 3 unspecified atom stereocenters. The van der Waals surface area contributed by atoms with Gasteiger partial charge < -0.3 is 34.9 Å². The number of urea groups is 1. The summed E-state index contributed by atoms with van der Waals surface area (Å²) in [6.45, 7) is 5.15. The summed E-state index contributed by atoms with van der Waals surface area (Å²) < 4.78 is 20.2. The minimum atomic E-state index is -1.39. The summed E-state index contributed by atoms with van der Waals surface area (Å²) in [5.41, 5.74) is 5.45. The number of nitrogens with one attached hydrogen (secondary N) is 1. The normalized spacial score (nSPS) is 23.1. The number of nitrogens with zero attached hydrogens (tertiary/aromatic N) is 3. The number of anilines is 1. The third-order valence-corrected chi connectivity index (χ3v) is 5.64. The second-order valence-corrected chi connectivity index (χ2v) is 8.96. The van der Waals surface area contributed by atoms with Crippen molar-refractivity contribution in [2.75, 3.05) is 11.9 Å². The van der Waals surface area contributed by atoms with Gasteiger partial charge in [0.15, 0.2) is 5.79 Å². The van der Waals surface area contributed by atoms with Gasteiger partial charge in [0, 0.05) is 24.4 Å². The predicted molar refractivity (Wildman–Crippen MR) is 122 cm³/mol. The van der Waals surface area contributed by atoms with E-state index in [0.29, 0.717) is 34.0 Å². The zero-order valence-electron chi connectivity index (χ0n) is 18.5. The Hall–Kier alpha value is -2.92. The lowest BCUT2D eigenvalue weighted by molar-refractivity contribution is -0.253. The van der Waals surface area contributed by atoms with Gasteiger partial charge in [-0.15, -0.1) is 0 Å². The van der Waals surface area contributed by atoms with Gasteiger partial charge in [-0.2, -0.15) is 0 Å². The van der Waals surface area contributed by atoms with E-state index in [1.807, 2.05) is 23.8 Å². The Balaban J connectivity index is 1.57. The van der Waals surface area contributed by atoms with Crippen molar-refractivity contribution in [3.63, 3.8) is 0 Å². The van der Waals surface area contributed by atoms with Crippen LogP contribution in [-0.2, 0) is 9.47 Å². The third kappa shape index (κ3) is 5.19. The minimum absolute atomic E-state index is 0.137. The van der Waals surface area contributed by atoms with Crippen molar-refractivity contribution in [3.05, 3.63) is 48.0 Å². The molecule has 0 bridgehead atoms. The van der Waals surface area contributed by atoms with E-state index in [1.165, 1.54) is 6.33 Å². The maximum Gasteiger partial charge on any atom is 0.316 e. The molecular weight excluding hydrogens is 450 g/mol. The largest absolute Gasteiger partial charge is 0.491 e. The number of hydrogen-bond donors (Lipinski definition) is 3. The van der Waals surface area contributed by atoms with Gasteiger partial charge in [-0.05, 0) is 39.0 Å². The molecule has 10 nitrogen and oxygen atoms in total. The molecule has 4 rings (SSSR count). The molecule has 176 valence electrons. The molecule has 2 aromatic heterocycles. The number of carbonyl (C=O) groups is 1. The number of hydrogen-bond acceptors (Lipinski definition) is 7. The number of aromatic nitrogens is 3. The van der Waals surface area contributed by atoms with Gasteiger partial charge in [0.1, 0.15) is 47.4 Å². The molecule has 1 aliphatic rings. The van der Waals surface area contributed by atoms with Crippen LogP contribution < -0.4 is 15.8 Å². The van der Waals surface area contributed by atoms with Gasteiger partial charge in [0.2, 0.25) is 0 Å². The summed E-state index contributed by atoms with van der Waals surface area (Å²) in [5.74, 6) is -0.870. The van der Waals surface area contributed by atoms with E-state index in [0.717, 1.165) is 0 Å². The Labute approximate surface area is 195 Å². The molecule has 1 saturated heterocycles. The van der Waals surface area contributed by atoms with Gasteiger partial charge in [-0.25, -0.2) is 14.8 Å². The summed E-state index contributed by atoms with van der Waals surface area (Å²) >= 11 is 6.19. The Kier molecular flexibility index (Phi) is 6.19. The molecule has 0 spiro atoms. The van der Waals surface area contributed by atoms with Crippen LogP contribution in [0.2, 0.25) is 5.15 Å². The summed E-state index contributed by atoms with van der Waals surface area (Å²) in [5, 5.41) is 14.0. The van der Waals surface area contributed by atoms with E-state index in [4.69, 9.17) is 31.5 Å². The van der Waals surface area contributed by atoms with Gasteiger partial charge in [0.05, 0.1) is 5.39 Å². The lowest BCUT2D eigenvalue weighted by atomic mass is 9.96. The predicted octanol–water partition coefficient (Wildman–Crippen LogP) is 3.45. The average Bonchev–Trinajstić information content (AvgIpc) is 3.26. The molecule has 0 aliphatic carbocycles.